The Balaban J connectivity index is 3.05. The van der Waals surface area contributed by atoms with Gasteiger partial charge in [-0.3, -0.25) is 14.6 Å². The summed E-state index contributed by atoms with van der Waals surface area (Å²) < 4.78 is 14.9. The topological polar surface area (TPSA) is 110 Å². The van der Waals surface area contributed by atoms with Crippen molar-refractivity contribution in [2.75, 3.05) is 5.73 Å². The Morgan fingerprint density at radius 2 is 2.12 bits per heavy atom. The van der Waals surface area contributed by atoms with Gasteiger partial charge in [0.05, 0.1) is 5.69 Å². The second-order valence-corrected chi connectivity index (χ2v) is 4.07. The molecule has 0 spiro atoms. The minimum atomic E-state index is -4.65. The smallest absolute Gasteiger partial charge is 0.402 e. The van der Waals surface area contributed by atoms with Gasteiger partial charge in [-0.2, -0.15) is 0 Å². The fourth-order valence-corrected chi connectivity index (χ4v) is 1.45. The zero-order chi connectivity index (χ0) is 12.3. The van der Waals surface area contributed by atoms with Gasteiger partial charge in [0, 0.05) is 5.56 Å². The maximum Gasteiger partial charge on any atom is 0.524 e. The number of anilines is 1. The van der Waals surface area contributed by atoms with Crippen LogP contribution < -0.4 is 10.3 Å². The van der Waals surface area contributed by atoms with Gasteiger partial charge in [-0.05, 0) is 24.3 Å². The molecule has 1 rings (SSSR count). The molecule has 7 heteroatoms. The van der Waals surface area contributed by atoms with Crippen LogP contribution in [0.4, 0.5) is 5.69 Å². The molecule has 1 aromatic rings. The molecule has 0 aliphatic rings. The van der Waals surface area contributed by atoms with Crippen LogP contribution in [0.5, 0.6) is 5.75 Å². The molecule has 0 aliphatic heterocycles. The number of carbonyl (C=O) groups is 1. The Bertz CT molecular complexity index is 479. The molecule has 0 saturated carbocycles. The molecule has 16 heavy (non-hydrogen) atoms. The molecule has 0 amide bonds. The van der Waals surface area contributed by atoms with Gasteiger partial charge in [-0.15, -0.1) is 0 Å². The Morgan fingerprint density at radius 3 is 2.56 bits per heavy atom. The van der Waals surface area contributed by atoms with Crippen molar-refractivity contribution in [2.24, 2.45) is 0 Å². The highest BCUT2D eigenvalue weighted by atomic mass is 31.2. The fraction of sp³-hybridized carbons (Fsp3) is 0. The normalized spacial score (nSPS) is 10.9. The summed E-state index contributed by atoms with van der Waals surface area (Å²) in [4.78, 5) is 28.3. The van der Waals surface area contributed by atoms with Crippen LogP contribution in [0.1, 0.15) is 10.4 Å². The van der Waals surface area contributed by atoms with E-state index in [0.29, 0.717) is 0 Å². The van der Waals surface area contributed by atoms with Crippen molar-refractivity contribution in [1.82, 2.24) is 0 Å². The molecule has 0 radical (unpaired) electrons. The molecule has 4 N–H and O–H groups in total. The summed E-state index contributed by atoms with van der Waals surface area (Å²) in [5, 5.41) is 0. The highest BCUT2D eigenvalue weighted by Gasteiger charge is 2.18. The summed E-state index contributed by atoms with van der Waals surface area (Å²) in [6.07, 6.45) is 1.11. The number of nitrogens with two attached hydrogens (primary N) is 1. The van der Waals surface area contributed by atoms with E-state index in [1.54, 1.807) is 0 Å². The fourth-order valence-electron chi connectivity index (χ4n) is 1.03. The quantitative estimate of drug-likeness (QED) is 0.316. The number of nitrogen functional groups attached to an aromatic ring is 1. The summed E-state index contributed by atoms with van der Waals surface area (Å²) in [6, 6.07) is 3.81. The average molecular weight is 243 g/mol. The molecule has 86 valence electrons. The van der Waals surface area contributed by atoms with Crippen LogP contribution in [0.3, 0.4) is 0 Å². The van der Waals surface area contributed by atoms with Gasteiger partial charge in [-0.25, -0.2) is 4.57 Å². The van der Waals surface area contributed by atoms with Gasteiger partial charge in [0.25, 0.3) is 0 Å². The van der Waals surface area contributed by atoms with E-state index in [2.05, 4.69) is 11.1 Å². The predicted molar refractivity (Wildman–Crippen MR) is 58.1 cm³/mol. The third-order valence-electron chi connectivity index (χ3n) is 1.70. The maximum absolute atomic E-state index is 11.2. The second-order valence-electron chi connectivity index (χ2n) is 2.90. The molecular formula is C9H10NO5P. The first-order valence-corrected chi connectivity index (χ1v) is 5.68. The van der Waals surface area contributed by atoms with E-state index in [9.17, 15) is 9.36 Å². The standard InChI is InChI=1S/C9H10NO5P/c1-2-8(11)6-3-4-9(7(10)5-6)15-16(12,13)14/h2-5H,1,10H2,(H2,12,13,14). The van der Waals surface area contributed by atoms with Gasteiger partial charge < -0.3 is 10.3 Å². The predicted octanol–water partition coefficient (Wildman–Crippen LogP) is 1.11. The Morgan fingerprint density at radius 1 is 1.50 bits per heavy atom. The van der Waals surface area contributed by atoms with E-state index < -0.39 is 7.82 Å². The summed E-state index contributed by atoms with van der Waals surface area (Å²) >= 11 is 0. The lowest BCUT2D eigenvalue weighted by Gasteiger charge is -2.09. The number of hydrogen-bond acceptors (Lipinski definition) is 4. The van der Waals surface area contributed by atoms with E-state index in [1.807, 2.05) is 0 Å². The number of carbonyl (C=O) groups excluding carboxylic acids is 1. The monoisotopic (exact) mass is 243 g/mol. The Hall–Kier alpha value is -1.62. The molecule has 0 unspecified atom stereocenters. The molecule has 0 atom stereocenters. The molecule has 0 bridgehead atoms. The van der Waals surface area contributed by atoms with E-state index >= 15 is 0 Å². The van der Waals surface area contributed by atoms with E-state index in [1.165, 1.54) is 18.2 Å². The first kappa shape index (κ1) is 12.4. The van der Waals surface area contributed by atoms with Crippen molar-refractivity contribution in [3.63, 3.8) is 0 Å². The molecule has 0 aliphatic carbocycles. The summed E-state index contributed by atoms with van der Waals surface area (Å²) in [7, 11) is -4.65. The minimum absolute atomic E-state index is 0.0315. The molecule has 0 saturated heterocycles. The zero-order valence-corrected chi connectivity index (χ0v) is 9.05. The van der Waals surface area contributed by atoms with Crippen LogP contribution in [-0.4, -0.2) is 15.6 Å². The highest BCUT2D eigenvalue weighted by molar-refractivity contribution is 7.46. The van der Waals surface area contributed by atoms with Gasteiger partial charge in [0.15, 0.2) is 11.5 Å². The van der Waals surface area contributed by atoms with E-state index in [4.69, 9.17) is 15.5 Å². The van der Waals surface area contributed by atoms with Crippen LogP contribution in [-0.2, 0) is 4.57 Å². The van der Waals surface area contributed by atoms with Crippen molar-refractivity contribution in [3.8, 4) is 5.75 Å². The molecule has 1 aromatic carbocycles. The van der Waals surface area contributed by atoms with Crippen molar-refractivity contribution >= 4 is 19.3 Å². The number of phosphoric ester groups is 1. The maximum atomic E-state index is 11.2. The van der Waals surface area contributed by atoms with Crippen molar-refractivity contribution in [3.05, 3.63) is 36.4 Å². The number of allylic oxidation sites excluding steroid dienone is 1. The molecule has 6 nitrogen and oxygen atoms in total. The van der Waals surface area contributed by atoms with Gasteiger partial charge in [-0.1, -0.05) is 6.58 Å². The number of phosphoric acid groups is 1. The average Bonchev–Trinajstić information content (AvgIpc) is 2.18. The van der Waals surface area contributed by atoms with Crippen LogP contribution >= 0.6 is 7.82 Å². The largest absolute Gasteiger partial charge is 0.524 e. The molecular weight excluding hydrogens is 233 g/mol. The zero-order valence-electron chi connectivity index (χ0n) is 8.16. The minimum Gasteiger partial charge on any atom is -0.402 e. The molecule has 0 aromatic heterocycles. The third-order valence-corrected chi connectivity index (χ3v) is 2.13. The molecule has 0 heterocycles. The van der Waals surface area contributed by atoms with Crippen molar-refractivity contribution in [2.45, 2.75) is 0 Å². The van der Waals surface area contributed by atoms with E-state index in [0.717, 1.165) is 6.08 Å². The van der Waals surface area contributed by atoms with Gasteiger partial charge in [0.1, 0.15) is 0 Å². The highest BCUT2D eigenvalue weighted by Crippen LogP contribution is 2.40. The number of hydrogen-bond donors (Lipinski definition) is 3. The van der Waals surface area contributed by atoms with Crippen LogP contribution in [0.2, 0.25) is 0 Å². The Labute approximate surface area is 91.6 Å². The van der Waals surface area contributed by atoms with Gasteiger partial charge in [0.2, 0.25) is 0 Å². The number of rotatable bonds is 4. The lowest BCUT2D eigenvalue weighted by atomic mass is 10.1. The lowest BCUT2D eigenvalue weighted by molar-refractivity contribution is 0.104. The second kappa shape index (κ2) is 4.49. The number of benzene rings is 1. The first-order valence-electron chi connectivity index (χ1n) is 4.15. The summed E-state index contributed by atoms with van der Waals surface area (Å²) in [5.41, 5.74) is 5.70. The molecule has 0 fully saturated rings. The SMILES string of the molecule is C=CC(=O)c1ccc(OP(=O)(O)O)c(N)c1. The summed E-state index contributed by atoms with van der Waals surface area (Å²) in [6.45, 7) is 3.30. The first-order chi connectivity index (χ1) is 7.33. The number of ketones is 1. The van der Waals surface area contributed by atoms with Crippen molar-refractivity contribution in [1.29, 1.82) is 0 Å². The Kier molecular flexibility index (Phi) is 3.49. The van der Waals surface area contributed by atoms with Crippen LogP contribution in [0.15, 0.2) is 30.9 Å². The third kappa shape index (κ3) is 3.20. The van der Waals surface area contributed by atoms with Gasteiger partial charge >= 0.3 is 7.82 Å². The van der Waals surface area contributed by atoms with Crippen LogP contribution in [0.25, 0.3) is 0 Å². The van der Waals surface area contributed by atoms with Crippen molar-refractivity contribution < 1.29 is 23.7 Å². The van der Waals surface area contributed by atoms with E-state index in [-0.39, 0.29) is 22.8 Å². The summed E-state index contributed by atoms with van der Waals surface area (Å²) in [5.74, 6) is -0.511. The van der Waals surface area contributed by atoms with Crippen LogP contribution in [0, 0.1) is 0 Å². The lowest BCUT2D eigenvalue weighted by Crippen LogP contribution is -1.99.